The second-order valence-corrected chi connectivity index (χ2v) is 5.28. The molecule has 0 heterocycles. The summed E-state index contributed by atoms with van der Waals surface area (Å²) < 4.78 is 11.5. The monoisotopic (exact) mass is 248 g/mol. The molecule has 18 heavy (non-hydrogen) atoms. The lowest BCUT2D eigenvalue weighted by Gasteiger charge is -2.34. The minimum Gasteiger partial charge on any atom is -0.381 e. The quantitative estimate of drug-likeness (QED) is 0.767. The van der Waals surface area contributed by atoms with E-state index < -0.39 is 0 Å². The molecule has 0 aromatic heterocycles. The molecule has 0 radical (unpaired) electrons. The van der Waals surface area contributed by atoms with Crippen LogP contribution in [0.25, 0.3) is 0 Å². The second-order valence-electron chi connectivity index (χ2n) is 5.28. The lowest BCUT2D eigenvalue weighted by molar-refractivity contribution is -0.0440. The van der Waals surface area contributed by atoms with Gasteiger partial charge >= 0.3 is 0 Å². The van der Waals surface area contributed by atoms with Gasteiger partial charge in [-0.1, -0.05) is 36.8 Å². The molecule has 0 saturated heterocycles. The Kier molecular flexibility index (Phi) is 4.79. The molecule has 100 valence electrons. The third kappa shape index (κ3) is 2.93. The number of ether oxygens (including phenoxy) is 2. The molecule has 2 atom stereocenters. The first-order valence-electron chi connectivity index (χ1n) is 6.95. The highest BCUT2D eigenvalue weighted by atomic mass is 16.5. The van der Waals surface area contributed by atoms with Crippen LogP contribution in [-0.4, -0.2) is 26.4 Å². The van der Waals surface area contributed by atoms with Crippen LogP contribution in [-0.2, 0) is 15.9 Å². The fourth-order valence-corrected chi connectivity index (χ4v) is 3.20. The molecule has 2 heteroatoms. The summed E-state index contributed by atoms with van der Waals surface area (Å²) >= 11 is 0. The molecule has 1 aliphatic rings. The molecule has 0 N–H and O–H groups in total. The summed E-state index contributed by atoms with van der Waals surface area (Å²) in [6.07, 6.45) is 5.02. The Hall–Kier alpha value is -0.860. The standard InChI is InChI=1S/C16H24O2/c1-3-18-13-16(11-7-10-15(16)17-2)12-14-8-5-4-6-9-14/h4-6,8-9,15H,3,7,10-13H2,1-2H3. The van der Waals surface area contributed by atoms with Gasteiger partial charge in [-0.05, 0) is 31.7 Å². The largest absolute Gasteiger partial charge is 0.381 e. The Labute approximate surface area is 110 Å². The maximum atomic E-state index is 5.75. The first kappa shape index (κ1) is 13.6. The molecular weight excluding hydrogens is 224 g/mol. The van der Waals surface area contributed by atoms with Crippen molar-refractivity contribution in [3.8, 4) is 0 Å². The molecular formula is C16H24O2. The summed E-state index contributed by atoms with van der Waals surface area (Å²) in [7, 11) is 1.83. The van der Waals surface area contributed by atoms with Crippen molar-refractivity contribution >= 4 is 0 Å². The highest BCUT2D eigenvalue weighted by Gasteiger charge is 2.43. The van der Waals surface area contributed by atoms with E-state index in [1.165, 1.54) is 18.4 Å². The SMILES string of the molecule is CCOCC1(Cc2ccccc2)CCCC1OC. The van der Waals surface area contributed by atoms with Gasteiger partial charge in [0.25, 0.3) is 0 Å². The van der Waals surface area contributed by atoms with Crippen LogP contribution in [0.1, 0.15) is 31.7 Å². The van der Waals surface area contributed by atoms with Gasteiger partial charge in [0.1, 0.15) is 0 Å². The molecule has 1 aliphatic carbocycles. The van der Waals surface area contributed by atoms with Crippen LogP contribution < -0.4 is 0 Å². The molecule has 1 fully saturated rings. The van der Waals surface area contributed by atoms with E-state index in [0.717, 1.165) is 26.1 Å². The van der Waals surface area contributed by atoms with Crippen LogP contribution >= 0.6 is 0 Å². The van der Waals surface area contributed by atoms with Crippen LogP contribution in [0.5, 0.6) is 0 Å². The van der Waals surface area contributed by atoms with Crippen molar-refractivity contribution in [3.63, 3.8) is 0 Å². The van der Waals surface area contributed by atoms with E-state index in [-0.39, 0.29) is 5.41 Å². The number of hydrogen-bond acceptors (Lipinski definition) is 2. The molecule has 0 spiro atoms. The van der Waals surface area contributed by atoms with Crippen molar-refractivity contribution in [2.45, 2.75) is 38.7 Å². The number of benzene rings is 1. The van der Waals surface area contributed by atoms with E-state index in [0.29, 0.717) is 6.10 Å². The topological polar surface area (TPSA) is 18.5 Å². The van der Waals surface area contributed by atoms with Crippen LogP contribution in [0.3, 0.4) is 0 Å². The number of hydrogen-bond donors (Lipinski definition) is 0. The first-order valence-corrected chi connectivity index (χ1v) is 6.95. The van der Waals surface area contributed by atoms with Gasteiger partial charge < -0.3 is 9.47 Å². The van der Waals surface area contributed by atoms with E-state index in [4.69, 9.17) is 9.47 Å². The van der Waals surface area contributed by atoms with Gasteiger partial charge in [0, 0.05) is 19.1 Å². The summed E-state index contributed by atoms with van der Waals surface area (Å²) in [5.41, 5.74) is 1.56. The normalized spacial score (nSPS) is 27.6. The Morgan fingerprint density at radius 1 is 1.28 bits per heavy atom. The Bertz CT molecular complexity index is 349. The van der Waals surface area contributed by atoms with E-state index in [9.17, 15) is 0 Å². The minimum atomic E-state index is 0.173. The third-order valence-electron chi connectivity index (χ3n) is 4.10. The summed E-state index contributed by atoms with van der Waals surface area (Å²) in [6.45, 7) is 3.66. The Morgan fingerprint density at radius 3 is 2.72 bits per heavy atom. The zero-order valence-corrected chi connectivity index (χ0v) is 11.5. The summed E-state index contributed by atoms with van der Waals surface area (Å²) in [6, 6.07) is 10.7. The summed E-state index contributed by atoms with van der Waals surface area (Å²) in [5.74, 6) is 0. The first-order chi connectivity index (χ1) is 8.80. The Balaban J connectivity index is 2.14. The molecule has 0 bridgehead atoms. The lowest BCUT2D eigenvalue weighted by Crippen LogP contribution is -2.38. The fourth-order valence-electron chi connectivity index (χ4n) is 3.20. The molecule has 2 unspecified atom stereocenters. The highest BCUT2D eigenvalue weighted by Crippen LogP contribution is 2.43. The van der Waals surface area contributed by atoms with Crippen LogP contribution in [0.2, 0.25) is 0 Å². The Morgan fingerprint density at radius 2 is 2.06 bits per heavy atom. The van der Waals surface area contributed by atoms with Gasteiger partial charge in [-0.2, -0.15) is 0 Å². The van der Waals surface area contributed by atoms with Crippen molar-refractivity contribution < 1.29 is 9.47 Å². The van der Waals surface area contributed by atoms with Crippen molar-refractivity contribution in [2.75, 3.05) is 20.3 Å². The third-order valence-corrected chi connectivity index (χ3v) is 4.10. The molecule has 2 nitrogen and oxygen atoms in total. The number of rotatable bonds is 6. The average Bonchev–Trinajstić information content (AvgIpc) is 2.80. The molecule has 0 amide bonds. The van der Waals surface area contributed by atoms with E-state index in [1.54, 1.807) is 0 Å². The average molecular weight is 248 g/mol. The molecule has 2 rings (SSSR count). The van der Waals surface area contributed by atoms with Crippen molar-refractivity contribution in [1.82, 2.24) is 0 Å². The number of methoxy groups -OCH3 is 1. The van der Waals surface area contributed by atoms with Gasteiger partial charge in [0.05, 0.1) is 12.7 Å². The van der Waals surface area contributed by atoms with Crippen molar-refractivity contribution in [1.29, 1.82) is 0 Å². The predicted molar refractivity (Wildman–Crippen MR) is 73.7 cm³/mol. The van der Waals surface area contributed by atoms with E-state index in [1.807, 2.05) is 7.11 Å². The zero-order valence-electron chi connectivity index (χ0n) is 11.5. The maximum absolute atomic E-state index is 5.75. The summed E-state index contributed by atoms with van der Waals surface area (Å²) in [4.78, 5) is 0. The van der Waals surface area contributed by atoms with Crippen LogP contribution in [0.4, 0.5) is 0 Å². The predicted octanol–water partition coefficient (Wildman–Crippen LogP) is 3.45. The molecule has 1 aromatic rings. The molecule has 1 aromatic carbocycles. The van der Waals surface area contributed by atoms with Gasteiger partial charge in [-0.15, -0.1) is 0 Å². The molecule has 1 saturated carbocycles. The van der Waals surface area contributed by atoms with Crippen molar-refractivity contribution in [2.24, 2.45) is 5.41 Å². The lowest BCUT2D eigenvalue weighted by atomic mass is 9.79. The van der Waals surface area contributed by atoms with E-state index in [2.05, 4.69) is 37.3 Å². The zero-order chi connectivity index (χ0) is 12.8. The smallest absolute Gasteiger partial charge is 0.0652 e. The van der Waals surface area contributed by atoms with Gasteiger partial charge in [0.15, 0.2) is 0 Å². The van der Waals surface area contributed by atoms with E-state index >= 15 is 0 Å². The minimum absolute atomic E-state index is 0.173. The van der Waals surface area contributed by atoms with Gasteiger partial charge in [-0.25, -0.2) is 0 Å². The van der Waals surface area contributed by atoms with Crippen LogP contribution in [0.15, 0.2) is 30.3 Å². The summed E-state index contributed by atoms with van der Waals surface area (Å²) in [5, 5.41) is 0. The van der Waals surface area contributed by atoms with Gasteiger partial charge in [0.2, 0.25) is 0 Å². The maximum Gasteiger partial charge on any atom is 0.0652 e. The second kappa shape index (κ2) is 6.35. The van der Waals surface area contributed by atoms with Crippen molar-refractivity contribution in [3.05, 3.63) is 35.9 Å². The molecule has 0 aliphatic heterocycles. The highest BCUT2D eigenvalue weighted by molar-refractivity contribution is 5.18. The van der Waals surface area contributed by atoms with Gasteiger partial charge in [-0.3, -0.25) is 0 Å². The fraction of sp³-hybridized carbons (Fsp3) is 0.625. The van der Waals surface area contributed by atoms with Crippen LogP contribution in [0, 0.1) is 5.41 Å².